The Bertz CT molecular complexity index is 881. The number of nitrogens with zero attached hydrogens (tertiary/aromatic N) is 4. The van der Waals surface area contributed by atoms with Crippen molar-refractivity contribution in [2.75, 3.05) is 10.6 Å². The number of aromatic nitrogens is 4. The minimum absolute atomic E-state index is 0.162. The topological polar surface area (TPSA) is 87.9 Å². The summed E-state index contributed by atoms with van der Waals surface area (Å²) in [6.45, 7) is 1.97. The number of aryl methyl sites for hydroxylation is 2. The quantitative estimate of drug-likeness (QED) is 0.664. The predicted molar refractivity (Wildman–Crippen MR) is 101 cm³/mol. The van der Waals surface area contributed by atoms with Gasteiger partial charge in [-0.05, 0) is 56.3 Å². The number of hydrogen-bond donors (Lipinski definition) is 3. The first kappa shape index (κ1) is 16.3. The van der Waals surface area contributed by atoms with Crippen LogP contribution in [0.25, 0.3) is 11.0 Å². The van der Waals surface area contributed by atoms with E-state index >= 15 is 0 Å². The molecule has 1 saturated carbocycles. The number of rotatable bonds is 4. The van der Waals surface area contributed by atoms with Gasteiger partial charge in [0.05, 0.1) is 17.3 Å². The highest BCUT2D eigenvalue weighted by Gasteiger charge is 2.21. The molecule has 0 radical (unpaired) electrons. The molecule has 0 aromatic carbocycles. The van der Waals surface area contributed by atoms with E-state index in [1.165, 1.54) is 11.5 Å². The third kappa shape index (κ3) is 3.45. The van der Waals surface area contributed by atoms with Crippen LogP contribution in [-0.2, 0) is 7.05 Å². The first-order valence-corrected chi connectivity index (χ1v) is 9.34. The van der Waals surface area contributed by atoms with Gasteiger partial charge in [-0.25, -0.2) is 4.98 Å². The van der Waals surface area contributed by atoms with E-state index in [2.05, 4.69) is 20.0 Å². The van der Waals surface area contributed by atoms with Crippen LogP contribution in [0.4, 0.5) is 16.8 Å². The van der Waals surface area contributed by atoms with E-state index in [1.54, 1.807) is 0 Å². The fourth-order valence-corrected chi connectivity index (χ4v) is 3.95. The molecule has 1 aliphatic rings. The monoisotopic (exact) mass is 358 g/mol. The molecule has 1 fully saturated rings. The van der Waals surface area contributed by atoms with Gasteiger partial charge in [0.1, 0.15) is 10.5 Å². The zero-order valence-electron chi connectivity index (χ0n) is 14.4. The lowest BCUT2D eigenvalue weighted by Gasteiger charge is -2.27. The maximum atomic E-state index is 9.71. The van der Waals surface area contributed by atoms with Crippen molar-refractivity contribution in [3.63, 3.8) is 0 Å². The predicted octanol–water partition coefficient (Wildman–Crippen LogP) is 3.19. The van der Waals surface area contributed by atoms with Gasteiger partial charge >= 0.3 is 0 Å². The smallest absolute Gasteiger partial charge is 0.230 e. The maximum absolute atomic E-state index is 9.71. The van der Waals surface area contributed by atoms with Gasteiger partial charge in [-0.15, -0.1) is 0 Å². The minimum Gasteiger partial charge on any atom is -0.393 e. The van der Waals surface area contributed by atoms with E-state index in [-0.39, 0.29) is 6.10 Å². The number of aliphatic hydroxyl groups excluding tert-OH is 1. The molecule has 3 aromatic rings. The van der Waals surface area contributed by atoms with Crippen LogP contribution in [0, 0.1) is 6.92 Å². The third-order valence-corrected chi connectivity index (χ3v) is 5.42. The van der Waals surface area contributed by atoms with Crippen molar-refractivity contribution in [1.82, 2.24) is 18.9 Å². The van der Waals surface area contributed by atoms with Gasteiger partial charge in [0.25, 0.3) is 0 Å². The zero-order valence-corrected chi connectivity index (χ0v) is 15.2. The Balaban J connectivity index is 1.64. The largest absolute Gasteiger partial charge is 0.393 e. The lowest BCUT2D eigenvalue weighted by molar-refractivity contribution is 0.126. The summed E-state index contributed by atoms with van der Waals surface area (Å²) in [5.74, 6) is 1.41. The number of aliphatic hydroxyl groups is 1. The van der Waals surface area contributed by atoms with Crippen LogP contribution in [0.15, 0.2) is 18.3 Å². The summed E-state index contributed by atoms with van der Waals surface area (Å²) >= 11 is 1.40. The van der Waals surface area contributed by atoms with Gasteiger partial charge < -0.3 is 20.3 Å². The average molecular weight is 358 g/mol. The van der Waals surface area contributed by atoms with Crippen molar-refractivity contribution in [2.45, 2.75) is 44.8 Å². The Labute approximate surface area is 150 Å². The van der Waals surface area contributed by atoms with Crippen molar-refractivity contribution in [3.8, 4) is 0 Å². The van der Waals surface area contributed by atoms with E-state index in [4.69, 9.17) is 4.98 Å². The number of fused-ring (bicyclic) bond motifs is 1. The molecule has 0 amide bonds. The van der Waals surface area contributed by atoms with Gasteiger partial charge in [-0.1, -0.05) is 0 Å². The molecule has 0 bridgehead atoms. The molecule has 0 atom stereocenters. The average Bonchev–Trinajstić information content (AvgIpc) is 3.16. The molecule has 3 N–H and O–H groups in total. The Morgan fingerprint density at radius 2 is 2.04 bits per heavy atom. The fourth-order valence-electron chi connectivity index (χ4n) is 3.30. The van der Waals surface area contributed by atoms with Crippen LogP contribution >= 0.6 is 11.5 Å². The SMILES string of the molecule is Cc1cc(Nc2nc(NC3CCC(O)CC3)c3c(ccn3C)n2)sn1. The van der Waals surface area contributed by atoms with E-state index in [0.29, 0.717) is 12.0 Å². The number of anilines is 3. The van der Waals surface area contributed by atoms with Crippen molar-refractivity contribution in [2.24, 2.45) is 7.05 Å². The summed E-state index contributed by atoms with van der Waals surface area (Å²) in [6.07, 6.45) is 5.41. The molecule has 0 unspecified atom stereocenters. The van der Waals surface area contributed by atoms with Gasteiger partial charge in [-0.2, -0.15) is 9.36 Å². The van der Waals surface area contributed by atoms with Crippen LogP contribution in [0.5, 0.6) is 0 Å². The van der Waals surface area contributed by atoms with Crippen LogP contribution in [0.1, 0.15) is 31.4 Å². The molecule has 0 saturated heterocycles. The molecular weight excluding hydrogens is 336 g/mol. The van der Waals surface area contributed by atoms with Crippen molar-refractivity contribution < 1.29 is 5.11 Å². The van der Waals surface area contributed by atoms with Crippen molar-refractivity contribution >= 4 is 39.3 Å². The van der Waals surface area contributed by atoms with Gasteiger partial charge in [0, 0.05) is 19.3 Å². The van der Waals surface area contributed by atoms with Crippen LogP contribution < -0.4 is 10.6 Å². The molecule has 25 heavy (non-hydrogen) atoms. The lowest BCUT2D eigenvalue weighted by atomic mass is 9.93. The summed E-state index contributed by atoms with van der Waals surface area (Å²) in [5.41, 5.74) is 2.88. The standard InChI is InChI=1S/C17H22N6OS/c1-10-9-14(25-22-10)20-17-19-13-7-8-23(2)15(13)16(21-17)18-11-3-5-12(24)6-4-11/h7-9,11-12,24H,3-6H2,1-2H3,(H2,18,19,20,21). The van der Waals surface area contributed by atoms with Gasteiger partial charge in [0.15, 0.2) is 5.82 Å². The zero-order chi connectivity index (χ0) is 17.4. The molecule has 3 aromatic heterocycles. The molecule has 8 heteroatoms. The van der Waals surface area contributed by atoms with E-state index < -0.39 is 0 Å². The summed E-state index contributed by atoms with van der Waals surface area (Å²) in [4.78, 5) is 9.34. The first-order valence-electron chi connectivity index (χ1n) is 8.56. The van der Waals surface area contributed by atoms with Crippen LogP contribution in [0.2, 0.25) is 0 Å². The summed E-state index contributed by atoms with van der Waals surface area (Å²) in [5, 5.41) is 17.5. The normalized spacial score (nSPS) is 20.8. The summed E-state index contributed by atoms with van der Waals surface area (Å²) < 4.78 is 6.32. The second-order valence-corrected chi connectivity index (χ2v) is 7.47. The third-order valence-electron chi connectivity index (χ3n) is 4.62. The highest BCUT2D eigenvalue weighted by atomic mass is 32.1. The van der Waals surface area contributed by atoms with Crippen LogP contribution in [-0.4, -0.2) is 36.2 Å². The van der Waals surface area contributed by atoms with Gasteiger partial charge in [-0.3, -0.25) is 0 Å². The Kier molecular flexibility index (Phi) is 4.30. The number of hydrogen-bond acceptors (Lipinski definition) is 7. The van der Waals surface area contributed by atoms with E-state index in [0.717, 1.165) is 53.2 Å². The second kappa shape index (κ2) is 6.61. The van der Waals surface area contributed by atoms with E-state index in [9.17, 15) is 5.11 Å². The van der Waals surface area contributed by atoms with Crippen molar-refractivity contribution in [1.29, 1.82) is 0 Å². The first-order chi connectivity index (χ1) is 12.1. The molecule has 0 aliphatic heterocycles. The molecule has 1 aliphatic carbocycles. The fraction of sp³-hybridized carbons (Fsp3) is 0.471. The molecular formula is C17H22N6OS. The molecule has 0 spiro atoms. The molecule has 3 heterocycles. The lowest BCUT2D eigenvalue weighted by Crippen LogP contribution is -2.28. The van der Waals surface area contributed by atoms with Gasteiger partial charge in [0.2, 0.25) is 5.95 Å². The van der Waals surface area contributed by atoms with E-state index in [1.807, 2.05) is 36.9 Å². The highest BCUT2D eigenvalue weighted by Crippen LogP contribution is 2.28. The highest BCUT2D eigenvalue weighted by molar-refractivity contribution is 7.10. The molecule has 4 rings (SSSR count). The minimum atomic E-state index is -0.162. The summed E-state index contributed by atoms with van der Waals surface area (Å²) in [7, 11) is 2.00. The Morgan fingerprint density at radius 1 is 1.24 bits per heavy atom. The molecule has 7 nitrogen and oxygen atoms in total. The second-order valence-electron chi connectivity index (χ2n) is 6.66. The number of nitrogens with one attached hydrogen (secondary N) is 2. The van der Waals surface area contributed by atoms with Crippen molar-refractivity contribution in [3.05, 3.63) is 24.0 Å². The van der Waals surface area contributed by atoms with Crippen LogP contribution in [0.3, 0.4) is 0 Å². The summed E-state index contributed by atoms with van der Waals surface area (Å²) in [6, 6.07) is 4.31. The Morgan fingerprint density at radius 3 is 2.76 bits per heavy atom. The Hall–Kier alpha value is -2.19. The molecule has 132 valence electrons. The maximum Gasteiger partial charge on any atom is 0.230 e.